The zero-order valence-corrected chi connectivity index (χ0v) is 17.8. The second kappa shape index (κ2) is 9.68. The van der Waals surface area contributed by atoms with Crippen molar-refractivity contribution in [3.8, 4) is 5.75 Å². The monoisotopic (exact) mass is 428 g/mol. The third-order valence-electron chi connectivity index (χ3n) is 4.42. The van der Waals surface area contributed by atoms with E-state index in [1.165, 1.54) is 0 Å². The van der Waals surface area contributed by atoms with Crippen LogP contribution in [0.15, 0.2) is 60.7 Å². The number of amides is 1. The molecule has 0 unspecified atom stereocenters. The van der Waals surface area contributed by atoms with Crippen molar-refractivity contribution in [2.75, 3.05) is 17.2 Å². The lowest BCUT2D eigenvalue weighted by molar-refractivity contribution is -0.118. The smallest absolute Gasteiger partial charge is 0.262 e. The summed E-state index contributed by atoms with van der Waals surface area (Å²) in [7, 11) is 0. The summed E-state index contributed by atoms with van der Waals surface area (Å²) in [4.78, 5) is 12.1. The highest BCUT2D eigenvalue weighted by atomic mass is 35.5. The molecule has 6 heteroatoms. The van der Waals surface area contributed by atoms with Gasteiger partial charge in [0.05, 0.1) is 0 Å². The first-order chi connectivity index (χ1) is 13.9. The summed E-state index contributed by atoms with van der Waals surface area (Å²) in [5.74, 6) is 0.385. The summed E-state index contributed by atoms with van der Waals surface area (Å²) in [5, 5.41) is 7.46. The Morgan fingerprint density at radius 3 is 2.07 bits per heavy atom. The average Bonchev–Trinajstić information content (AvgIpc) is 2.71. The van der Waals surface area contributed by atoms with Crippen LogP contribution in [-0.4, -0.2) is 12.5 Å². The Morgan fingerprint density at radius 1 is 0.862 bits per heavy atom. The number of hydrogen-bond donors (Lipinski definition) is 2. The van der Waals surface area contributed by atoms with Crippen LogP contribution in [0, 0.1) is 13.8 Å². The molecule has 0 radical (unpaired) electrons. The van der Waals surface area contributed by atoms with Crippen LogP contribution in [0.25, 0.3) is 0 Å². The molecule has 150 valence electrons. The van der Waals surface area contributed by atoms with Crippen molar-refractivity contribution in [3.05, 3.63) is 87.4 Å². The fourth-order valence-electron chi connectivity index (χ4n) is 2.63. The summed E-state index contributed by atoms with van der Waals surface area (Å²) < 4.78 is 5.56. The lowest BCUT2D eigenvalue weighted by Gasteiger charge is -2.10. The molecule has 0 aliphatic carbocycles. The number of aryl methyl sites for hydroxylation is 2. The highest BCUT2D eigenvalue weighted by Crippen LogP contribution is 2.21. The fourth-order valence-corrected chi connectivity index (χ4v) is 2.99. The van der Waals surface area contributed by atoms with E-state index in [1.54, 1.807) is 6.07 Å². The van der Waals surface area contributed by atoms with Crippen molar-refractivity contribution >= 4 is 40.5 Å². The number of nitrogens with one attached hydrogen (secondary N) is 2. The minimum absolute atomic E-state index is 0.0784. The van der Waals surface area contributed by atoms with Crippen LogP contribution in [0.3, 0.4) is 0 Å². The lowest BCUT2D eigenvalue weighted by atomic mass is 10.2. The summed E-state index contributed by atoms with van der Waals surface area (Å²) in [5.41, 5.74) is 4.71. The van der Waals surface area contributed by atoms with Gasteiger partial charge < -0.3 is 15.4 Å². The Bertz CT molecular complexity index is 1000. The minimum atomic E-state index is -0.244. The zero-order valence-electron chi connectivity index (χ0n) is 16.3. The molecule has 0 atom stereocenters. The van der Waals surface area contributed by atoms with Gasteiger partial charge in [0.15, 0.2) is 6.61 Å². The quantitative estimate of drug-likeness (QED) is 0.468. The molecule has 0 aliphatic rings. The Kier molecular flexibility index (Phi) is 7.02. The highest BCUT2D eigenvalue weighted by molar-refractivity contribution is 6.32. The number of hydrogen-bond acceptors (Lipinski definition) is 3. The van der Waals surface area contributed by atoms with Gasteiger partial charge in [-0.2, -0.15) is 0 Å². The molecule has 2 N–H and O–H groups in total. The maximum atomic E-state index is 12.1. The molecule has 0 aromatic heterocycles. The normalized spacial score (nSPS) is 10.5. The van der Waals surface area contributed by atoms with Crippen molar-refractivity contribution < 1.29 is 9.53 Å². The molecule has 0 saturated carbocycles. The number of carbonyl (C=O) groups is 1. The number of rotatable bonds is 7. The number of benzene rings is 3. The van der Waals surface area contributed by atoms with Crippen molar-refractivity contribution in [1.82, 2.24) is 0 Å². The van der Waals surface area contributed by atoms with Crippen LogP contribution >= 0.6 is 23.2 Å². The van der Waals surface area contributed by atoms with Gasteiger partial charge in [0.2, 0.25) is 0 Å². The van der Waals surface area contributed by atoms with E-state index >= 15 is 0 Å². The first kappa shape index (κ1) is 21.0. The SMILES string of the molecule is Cc1ccc(NCc2ccc(OCC(=O)Nc3ccc(C)c(Cl)c3)cc2)cc1Cl. The van der Waals surface area contributed by atoms with Gasteiger partial charge in [0.1, 0.15) is 5.75 Å². The molecule has 0 spiro atoms. The van der Waals surface area contributed by atoms with Gasteiger partial charge in [-0.25, -0.2) is 0 Å². The molecule has 3 aromatic carbocycles. The van der Waals surface area contributed by atoms with Gasteiger partial charge in [-0.05, 0) is 66.9 Å². The molecule has 1 amide bonds. The predicted octanol–water partition coefficient (Wildman–Crippen LogP) is 6.24. The summed E-state index contributed by atoms with van der Waals surface area (Å²) >= 11 is 12.2. The molecular formula is C23H22Cl2N2O2. The van der Waals surface area contributed by atoms with E-state index in [1.807, 2.05) is 68.4 Å². The van der Waals surface area contributed by atoms with Gasteiger partial charge in [-0.15, -0.1) is 0 Å². The molecule has 3 rings (SSSR count). The second-order valence-electron chi connectivity index (χ2n) is 6.76. The number of anilines is 2. The molecule has 0 fully saturated rings. The molecule has 0 saturated heterocycles. The van der Waals surface area contributed by atoms with E-state index in [9.17, 15) is 4.79 Å². The van der Waals surface area contributed by atoms with Crippen LogP contribution in [-0.2, 0) is 11.3 Å². The molecule has 3 aromatic rings. The number of halogens is 2. The van der Waals surface area contributed by atoms with Gasteiger partial charge in [0, 0.05) is 28.0 Å². The summed E-state index contributed by atoms with van der Waals surface area (Å²) in [6.45, 7) is 4.46. The van der Waals surface area contributed by atoms with Crippen molar-refractivity contribution in [3.63, 3.8) is 0 Å². The zero-order chi connectivity index (χ0) is 20.8. The van der Waals surface area contributed by atoms with Crippen LogP contribution in [0.5, 0.6) is 5.75 Å². The van der Waals surface area contributed by atoms with E-state index in [0.717, 1.165) is 27.4 Å². The molecule has 0 bridgehead atoms. The first-order valence-corrected chi connectivity index (χ1v) is 9.94. The van der Waals surface area contributed by atoms with Crippen LogP contribution in [0.1, 0.15) is 16.7 Å². The number of carbonyl (C=O) groups excluding carboxylic acids is 1. The first-order valence-electron chi connectivity index (χ1n) is 9.18. The fraction of sp³-hybridized carbons (Fsp3) is 0.174. The van der Waals surface area contributed by atoms with Gasteiger partial charge in [-0.3, -0.25) is 4.79 Å². The molecule has 0 heterocycles. The Balaban J connectivity index is 1.47. The Morgan fingerprint density at radius 2 is 1.45 bits per heavy atom. The topological polar surface area (TPSA) is 50.4 Å². The minimum Gasteiger partial charge on any atom is -0.484 e. The Hall–Kier alpha value is -2.69. The highest BCUT2D eigenvalue weighted by Gasteiger charge is 2.06. The van der Waals surface area contributed by atoms with E-state index < -0.39 is 0 Å². The van der Waals surface area contributed by atoms with E-state index in [0.29, 0.717) is 23.0 Å². The predicted molar refractivity (Wildman–Crippen MR) is 120 cm³/mol. The van der Waals surface area contributed by atoms with Crippen molar-refractivity contribution in [2.45, 2.75) is 20.4 Å². The van der Waals surface area contributed by atoms with Gasteiger partial charge in [-0.1, -0.05) is 47.5 Å². The standard InChI is InChI=1S/C23H22Cl2N2O2/c1-15-3-7-18(11-21(15)24)26-13-17-5-9-20(10-6-17)29-14-23(28)27-19-8-4-16(2)22(25)12-19/h3-12,26H,13-14H2,1-2H3,(H,27,28). The van der Waals surface area contributed by atoms with Crippen LogP contribution in [0.4, 0.5) is 11.4 Å². The maximum absolute atomic E-state index is 12.1. The summed E-state index contributed by atoms with van der Waals surface area (Å²) in [6, 6.07) is 18.9. The van der Waals surface area contributed by atoms with Gasteiger partial charge in [0.25, 0.3) is 5.91 Å². The molecule has 29 heavy (non-hydrogen) atoms. The third-order valence-corrected chi connectivity index (χ3v) is 5.23. The van der Waals surface area contributed by atoms with Crippen LogP contribution < -0.4 is 15.4 Å². The summed E-state index contributed by atoms with van der Waals surface area (Å²) in [6.07, 6.45) is 0. The maximum Gasteiger partial charge on any atom is 0.262 e. The van der Waals surface area contributed by atoms with Gasteiger partial charge >= 0.3 is 0 Å². The Labute approximate surface area is 180 Å². The number of ether oxygens (including phenoxy) is 1. The van der Waals surface area contributed by atoms with E-state index in [-0.39, 0.29) is 12.5 Å². The molecule has 0 aliphatic heterocycles. The van der Waals surface area contributed by atoms with E-state index in [4.69, 9.17) is 27.9 Å². The van der Waals surface area contributed by atoms with Crippen LogP contribution in [0.2, 0.25) is 10.0 Å². The van der Waals surface area contributed by atoms with Crippen molar-refractivity contribution in [1.29, 1.82) is 0 Å². The third kappa shape index (κ3) is 6.14. The van der Waals surface area contributed by atoms with E-state index in [2.05, 4.69) is 10.6 Å². The largest absolute Gasteiger partial charge is 0.484 e. The molecular weight excluding hydrogens is 407 g/mol. The molecule has 4 nitrogen and oxygen atoms in total. The average molecular weight is 429 g/mol. The van der Waals surface area contributed by atoms with Crippen molar-refractivity contribution in [2.24, 2.45) is 0 Å². The second-order valence-corrected chi connectivity index (χ2v) is 7.58. The lowest BCUT2D eigenvalue weighted by Crippen LogP contribution is -2.20.